The molecule has 0 radical (unpaired) electrons. The lowest BCUT2D eigenvalue weighted by atomic mass is 9.69. The van der Waals surface area contributed by atoms with Crippen LogP contribution >= 0.6 is 0 Å². The van der Waals surface area contributed by atoms with Gasteiger partial charge < -0.3 is 24.1 Å². The summed E-state index contributed by atoms with van der Waals surface area (Å²) in [6.07, 6.45) is 2.86. The zero-order valence-electron chi connectivity index (χ0n) is 15.8. The molecule has 7 unspecified atom stereocenters. The minimum atomic E-state index is -0.850. The molecule has 24 heavy (non-hydrogen) atoms. The Hall–Kier alpha value is -0.240. The van der Waals surface area contributed by atoms with E-state index in [-0.39, 0.29) is 42.6 Å². The number of likely N-dealkylation sites (tertiary alicyclic amines) is 1. The predicted molar refractivity (Wildman–Crippen MR) is 89.7 cm³/mol. The molecule has 3 fully saturated rings. The van der Waals surface area contributed by atoms with Gasteiger partial charge in [0.05, 0.1) is 30.0 Å². The van der Waals surface area contributed by atoms with Gasteiger partial charge in [-0.1, -0.05) is 0 Å². The molecule has 0 spiro atoms. The van der Waals surface area contributed by atoms with Crippen LogP contribution in [0.1, 0.15) is 33.1 Å². The summed E-state index contributed by atoms with van der Waals surface area (Å²) in [6, 6.07) is 0.195. The Labute approximate surface area is 145 Å². The average molecular weight is 343 g/mol. The smallest absolute Gasteiger partial charge is 0.116 e. The molecular weight excluding hydrogens is 310 g/mol. The first-order valence-corrected chi connectivity index (χ1v) is 9.01. The Morgan fingerprint density at radius 1 is 1.00 bits per heavy atom. The topological polar surface area (TPSA) is 60.4 Å². The molecule has 0 bridgehead atoms. The molecular formula is C18H33NO5. The van der Waals surface area contributed by atoms with E-state index < -0.39 is 5.60 Å². The highest BCUT2D eigenvalue weighted by Crippen LogP contribution is 2.48. The Bertz CT molecular complexity index is 440. The average Bonchev–Trinajstić information content (AvgIpc) is 3.00. The highest BCUT2D eigenvalue weighted by molar-refractivity contribution is 5.07. The third kappa shape index (κ3) is 2.91. The van der Waals surface area contributed by atoms with Gasteiger partial charge in [-0.25, -0.2) is 0 Å². The number of fused-ring (bicyclic) bond motifs is 2. The SMILES string of the molecule is COC1CCC2C(OC)C3C[C@H](C(C)(C)O)OC3N(C)C2C1OC. The second-order valence-electron chi connectivity index (χ2n) is 8.14. The lowest BCUT2D eigenvalue weighted by Crippen LogP contribution is -2.66. The number of hydrogen-bond acceptors (Lipinski definition) is 6. The van der Waals surface area contributed by atoms with Crippen LogP contribution in [0.2, 0.25) is 0 Å². The highest BCUT2D eigenvalue weighted by Gasteiger charge is 2.58. The Morgan fingerprint density at radius 2 is 1.67 bits per heavy atom. The standard InChI is InChI=1S/C18H33NO5/c1-18(2,20)13-9-11-15(22-5)10-7-8-12(21-4)16(23-6)14(10)19(3)17(11)24-13/h10-17,20H,7-9H2,1-6H3/t10?,11?,12?,13-,14?,15?,16?,17?/m1/s1. The molecule has 2 heterocycles. The van der Waals surface area contributed by atoms with E-state index in [1.807, 2.05) is 13.8 Å². The molecule has 3 aliphatic rings. The van der Waals surface area contributed by atoms with Crippen LogP contribution in [-0.4, -0.2) is 80.7 Å². The van der Waals surface area contributed by atoms with Crippen LogP contribution in [0, 0.1) is 11.8 Å². The molecule has 0 aromatic rings. The molecule has 6 nitrogen and oxygen atoms in total. The Balaban J connectivity index is 1.90. The molecule has 0 amide bonds. The maximum Gasteiger partial charge on any atom is 0.116 e. The number of rotatable bonds is 4. The van der Waals surface area contributed by atoms with Crippen LogP contribution in [0.15, 0.2) is 0 Å². The van der Waals surface area contributed by atoms with E-state index >= 15 is 0 Å². The number of ether oxygens (including phenoxy) is 4. The van der Waals surface area contributed by atoms with E-state index in [1.54, 1.807) is 21.3 Å². The van der Waals surface area contributed by atoms with Crippen LogP contribution in [0.25, 0.3) is 0 Å². The van der Waals surface area contributed by atoms with Crippen LogP contribution < -0.4 is 0 Å². The van der Waals surface area contributed by atoms with E-state index in [0.29, 0.717) is 5.92 Å². The first-order valence-electron chi connectivity index (χ1n) is 9.01. The van der Waals surface area contributed by atoms with Crippen molar-refractivity contribution >= 4 is 0 Å². The van der Waals surface area contributed by atoms with Gasteiger partial charge in [-0.3, -0.25) is 4.90 Å². The van der Waals surface area contributed by atoms with E-state index in [9.17, 15) is 5.11 Å². The van der Waals surface area contributed by atoms with Crippen molar-refractivity contribution in [3.8, 4) is 0 Å². The predicted octanol–water partition coefficient (Wildman–Crippen LogP) is 1.26. The zero-order chi connectivity index (χ0) is 17.6. The van der Waals surface area contributed by atoms with Crippen molar-refractivity contribution in [1.82, 2.24) is 4.90 Å². The summed E-state index contributed by atoms with van der Waals surface area (Å²) in [6.45, 7) is 3.64. The minimum Gasteiger partial charge on any atom is -0.388 e. The van der Waals surface area contributed by atoms with Crippen LogP contribution in [0.3, 0.4) is 0 Å². The van der Waals surface area contributed by atoms with Crippen molar-refractivity contribution in [1.29, 1.82) is 0 Å². The van der Waals surface area contributed by atoms with Gasteiger partial charge in [0.1, 0.15) is 6.23 Å². The largest absolute Gasteiger partial charge is 0.388 e. The number of methoxy groups -OCH3 is 3. The van der Waals surface area contributed by atoms with Crippen molar-refractivity contribution in [2.24, 2.45) is 11.8 Å². The van der Waals surface area contributed by atoms with Crippen LogP contribution in [0.4, 0.5) is 0 Å². The van der Waals surface area contributed by atoms with E-state index in [0.717, 1.165) is 19.3 Å². The third-order valence-electron chi connectivity index (χ3n) is 6.43. The van der Waals surface area contributed by atoms with E-state index in [1.165, 1.54) is 0 Å². The fourth-order valence-corrected chi connectivity index (χ4v) is 5.27. The lowest BCUT2D eigenvalue weighted by Gasteiger charge is -2.55. The minimum absolute atomic E-state index is 0.00198. The molecule has 140 valence electrons. The van der Waals surface area contributed by atoms with Crippen LogP contribution in [0.5, 0.6) is 0 Å². The lowest BCUT2D eigenvalue weighted by molar-refractivity contribution is -0.221. The van der Waals surface area contributed by atoms with E-state index in [2.05, 4.69) is 11.9 Å². The Kier molecular flexibility index (Phi) is 5.27. The van der Waals surface area contributed by atoms with Crippen molar-refractivity contribution in [2.45, 2.75) is 75.4 Å². The second-order valence-corrected chi connectivity index (χ2v) is 8.14. The summed E-state index contributed by atoms with van der Waals surface area (Å²) < 4.78 is 23.8. The number of nitrogens with zero attached hydrogens (tertiary/aromatic N) is 1. The molecule has 1 aliphatic carbocycles. The molecule has 1 saturated carbocycles. The maximum atomic E-state index is 10.4. The van der Waals surface area contributed by atoms with Gasteiger partial charge in [-0.2, -0.15) is 0 Å². The maximum absolute atomic E-state index is 10.4. The van der Waals surface area contributed by atoms with Gasteiger partial charge in [0.15, 0.2) is 0 Å². The number of likely N-dealkylation sites (N-methyl/N-ethyl adjacent to an activating group) is 1. The zero-order valence-corrected chi connectivity index (χ0v) is 15.8. The van der Waals surface area contributed by atoms with Crippen molar-refractivity contribution in [3.05, 3.63) is 0 Å². The summed E-state index contributed by atoms with van der Waals surface area (Å²) in [5.74, 6) is 0.663. The molecule has 0 aromatic heterocycles. The van der Waals surface area contributed by atoms with Gasteiger partial charge in [-0.05, 0) is 40.2 Å². The van der Waals surface area contributed by atoms with Gasteiger partial charge in [0.25, 0.3) is 0 Å². The normalized spacial score (nSPS) is 46.6. The molecule has 3 rings (SSSR count). The first kappa shape index (κ1) is 18.5. The highest BCUT2D eigenvalue weighted by atomic mass is 16.5. The Morgan fingerprint density at radius 3 is 2.21 bits per heavy atom. The summed E-state index contributed by atoms with van der Waals surface area (Å²) in [5, 5.41) is 10.4. The van der Waals surface area contributed by atoms with Crippen LogP contribution in [-0.2, 0) is 18.9 Å². The molecule has 2 saturated heterocycles. The van der Waals surface area contributed by atoms with Crippen molar-refractivity contribution in [2.75, 3.05) is 28.4 Å². The first-order chi connectivity index (χ1) is 11.3. The van der Waals surface area contributed by atoms with Gasteiger partial charge in [0.2, 0.25) is 0 Å². The number of hydrogen-bond donors (Lipinski definition) is 1. The molecule has 1 N–H and O–H groups in total. The fourth-order valence-electron chi connectivity index (χ4n) is 5.27. The molecule has 2 aliphatic heterocycles. The van der Waals surface area contributed by atoms with Gasteiger partial charge in [-0.15, -0.1) is 0 Å². The summed E-state index contributed by atoms with van der Waals surface area (Å²) in [7, 11) is 7.42. The van der Waals surface area contributed by atoms with Gasteiger partial charge in [0, 0.05) is 39.2 Å². The fraction of sp³-hybridized carbons (Fsp3) is 1.00. The quantitative estimate of drug-likeness (QED) is 0.829. The van der Waals surface area contributed by atoms with Gasteiger partial charge >= 0.3 is 0 Å². The molecule has 6 heteroatoms. The summed E-state index contributed by atoms with van der Waals surface area (Å²) in [5.41, 5.74) is -0.850. The van der Waals surface area contributed by atoms with E-state index in [4.69, 9.17) is 18.9 Å². The summed E-state index contributed by atoms with van der Waals surface area (Å²) in [4.78, 5) is 2.30. The van der Waals surface area contributed by atoms with Crippen molar-refractivity contribution < 1.29 is 24.1 Å². The monoisotopic (exact) mass is 343 g/mol. The summed E-state index contributed by atoms with van der Waals surface area (Å²) >= 11 is 0. The second kappa shape index (κ2) is 6.82. The third-order valence-corrected chi connectivity index (χ3v) is 6.43. The molecule has 0 aromatic carbocycles. The van der Waals surface area contributed by atoms with Crippen molar-refractivity contribution in [3.63, 3.8) is 0 Å². The number of aliphatic hydroxyl groups is 1. The molecule has 8 atom stereocenters. The number of piperidine rings is 1.